The number of amides is 2. The van der Waals surface area contributed by atoms with Crippen LogP contribution in [0, 0.1) is 0 Å². The number of hydrogen-bond donors (Lipinski definition) is 2. The van der Waals surface area contributed by atoms with Crippen LogP contribution in [0.15, 0.2) is 29.4 Å². The summed E-state index contributed by atoms with van der Waals surface area (Å²) in [6.45, 7) is 4.92. The largest absolute Gasteiger partial charge is 0.465 e. The molecule has 1 rings (SSSR count). The van der Waals surface area contributed by atoms with E-state index in [9.17, 15) is 9.59 Å². The first-order valence-corrected chi connectivity index (χ1v) is 6.28. The van der Waals surface area contributed by atoms with E-state index in [-0.39, 0.29) is 6.54 Å². The number of nitrogens with zero attached hydrogens (tertiary/aromatic N) is 2. The predicted octanol–water partition coefficient (Wildman–Crippen LogP) is 2.39. The van der Waals surface area contributed by atoms with E-state index in [0.717, 1.165) is 5.56 Å². The molecule has 0 aromatic heterocycles. The second-order valence-electron chi connectivity index (χ2n) is 5.37. The number of hydrazone groups is 1. The van der Waals surface area contributed by atoms with Crippen molar-refractivity contribution in [1.29, 1.82) is 0 Å². The molecule has 3 N–H and O–H groups in total. The number of rotatable bonds is 3. The molecule has 0 radical (unpaired) electrons. The summed E-state index contributed by atoms with van der Waals surface area (Å²) in [5.41, 5.74) is 0.671. The van der Waals surface area contributed by atoms with Crippen molar-refractivity contribution in [1.82, 2.24) is 4.90 Å². The topological polar surface area (TPSA) is 105 Å². The van der Waals surface area contributed by atoms with E-state index in [4.69, 9.17) is 15.7 Å². The summed E-state index contributed by atoms with van der Waals surface area (Å²) >= 11 is 0. The first-order chi connectivity index (χ1) is 9.73. The molecular formula is C14H19N3O4. The van der Waals surface area contributed by atoms with Crippen molar-refractivity contribution in [3.05, 3.63) is 35.4 Å². The maximum absolute atomic E-state index is 11.9. The monoisotopic (exact) mass is 293 g/mol. The Bertz CT molecular complexity index is 532. The van der Waals surface area contributed by atoms with E-state index < -0.39 is 17.8 Å². The molecule has 0 aliphatic heterocycles. The molecule has 0 heterocycles. The Balaban J connectivity index is 2.83. The fourth-order valence-electron chi connectivity index (χ4n) is 1.51. The van der Waals surface area contributed by atoms with Gasteiger partial charge in [-0.25, -0.2) is 14.5 Å². The molecule has 2 amide bonds. The summed E-state index contributed by atoms with van der Waals surface area (Å²) < 4.78 is 5.06. The lowest BCUT2D eigenvalue weighted by molar-refractivity contribution is 0.0255. The van der Waals surface area contributed by atoms with Gasteiger partial charge in [0, 0.05) is 0 Å². The summed E-state index contributed by atoms with van der Waals surface area (Å²) in [6.07, 6.45) is -0.800. The van der Waals surface area contributed by atoms with Gasteiger partial charge in [0.2, 0.25) is 0 Å². The highest BCUT2D eigenvalue weighted by Crippen LogP contribution is 2.13. The van der Waals surface area contributed by atoms with Crippen LogP contribution in [-0.4, -0.2) is 34.0 Å². The van der Waals surface area contributed by atoms with Crippen LogP contribution in [0.2, 0.25) is 0 Å². The summed E-state index contributed by atoms with van der Waals surface area (Å²) in [5, 5.41) is 12.5. The Morgan fingerprint density at radius 3 is 2.33 bits per heavy atom. The molecular weight excluding hydrogens is 274 g/mol. The molecule has 0 spiro atoms. The van der Waals surface area contributed by atoms with Gasteiger partial charge in [0.1, 0.15) is 5.60 Å². The van der Waals surface area contributed by atoms with Crippen molar-refractivity contribution in [3.8, 4) is 0 Å². The predicted molar refractivity (Wildman–Crippen MR) is 78.0 cm³/mol. The SMILES string of the molecule is CC(C)(C)OC(=O)N(Cc1ccc(C=NN)cc1)C(=O)O. The minimum atomic E-state index is -1.36. The number of carboxylic acid groups (broad SMARTS) is 1. The average molecular weight is 293 g/mol. The first kappa shape index (κ1) is 16.5. The lowest BCUT2D eigenvalue weighted by atomic mass is 10.1. The molecule has 0 unspecified atom stereocenters. The van der Waals surface area contributed by atoms with Crippen LogP contribution in [0.5, 0.6) is 0 Å². The highest BCUT2D eigenvalue weighted by Gasteiger charge is 2.26. The van der Waals surface area contributed by atoms with Crippen molar-refractivity contribution in [3.63, 3.8) is 0 Å². The molecule has 0 atom stereocenters. The molecule has 1 aromatic rings. The molecule has 114 valence electrons. The highest BCUT2D eigenvalue weighted by atomic mass is 16.6. The van der Waals surface area contributed by atoms with Crippen LogP contribution < -0.4 is 5.84 Å². The van der Waals surface area contributed by atoms with E-state index in [1.54, 1.807) is 45.0 Å². The molecule has 0 aliphatic rings. The number of imide groups is 1. The van der Waals surface area contributed by atoms with E-state index >= 15 is 0 Å². The van der Waals surface area contributed by atoms with Crippen LogP contribution >= 0.6 is 0 Å². The Kier molecular flexibility index (Phi) is 5.29. The zero-order chi connectivity index (χ0) is 16.0. The second kappa shape index (κ2) is 6.74. The van der Waals surface area contributed by atoms with E-state index in [1.807, 2.05) is 0 Å². The smallest absolute Gasteiger partial charge is 0.420 e. The van der Waals surface area contributed by atoms with Gasteiger partial charge >= 0.3 is 12.2 Å². The molecule has 0 fully saturated rings. The number of ether oxygens (including phenoxy) is 1. The number of nitrogens with two attached hydrogens (primary N) is 1. The zero-order valence-electron chi connectivity index (χ0n) is 12.2. The van der Waals surface area contributed by atoms with E-state index in [0.29, 0.717) is 10.5 Å². The van der Waals surface area contributed by atoms with Crippen LogP contribution in [0.25, 0.3) is 0 Å². The van der Waals surface area contributed by atoms with Gasteiger partial charge in [-0.3, -0.25) is 0 Å². The van der Waals surface area contributed by atoms with Crippen LogP contribution in [0.4, 0.5) is 9.59 Å². The summed E-state index contributed by atoms with van der Waals surface area (Å²) in [4.78, 5) is 23.7. The number of benzene rings is 1. The summed E-state index contributed by atoms with van der Waals surface area (Å²) in [7, 11) is 0. The molecule has 21 heavy (non-hydrogen) atoms. The van der Waals surface area contributed by atoms with Gasteiger partial charge in [0.25, 0.3) is 0 Å². The Hall–Kier alpha value is -2.57. The van der Waals surface area contributed by atoms with Crippen molar-refractivity contribution < 1.29 is 19.4 Å². The van der Waals surface area contributed by atoms with Gasteiger partial charge in [-0.2, -0.15) is 5.10 Å². The van der Waals surface area contributed by atoms with E-state index in [2.05, 4.69) is 5.10 Å². The summed E-state index contributed by atoms with van der Waals surface area (Å²) in [6, 6.07) is 6.83. The molecule has 0 saturated heterocycles. The third-order valence-electron chi connectivity index (χ3n) is 2.39. The van der Waals surface area contributed by atoms with Crippen LogP contribution in [0.1, 0.15) is 31.9 Å². The van der Waals surface area contributed by atoms with Crippen molar-refractivity contribution in [2.24, 2.45) is 10.9 Å². The van der Waals surface area contributed by atoms with Crippen molar-refractivity contribution >= 4 is 18.4 Å². The third kappa shape index (κ3) is 5.52. The third-order valence-corrected chi connectivity index (χ3v) is 2.39. The lowest BCUT2D eigenvalue weighted by Crippen LogP contribution is -2.39. The van der Waals surface area contributed by atoms with E-state index in [1.165, 1.54) is 6.21 Å². The van der Waals surface area contributed by atoms with Crippen molar-refractivity contribution in [2.45, 2.75) is 32.9 Å². The first-order valence-electron chi connectivity index (χ1n) is 6.28. The molecule has 7 heteroatoms. The fraction of sp³-hybridized carbons (Fsp3) is 0.357. The minimum absolute atomic E-state index is 0.0930. The Morgan fingerprint density at radius 1 is 1.33 bits per heavy atom. The number of carbonyl (C=O) groups is 2. The summed E-state index contributed by atoms with van der Waals surface area (Å²) in [5.74, 6) is 5.04. The van der Waals surface area contributed by atoms with Gasteiger partial charge in [-0.1, -0.05) is 24.3 Å². The molecule has 0 aliphatic carbocycles. The van der Waals surface area contributed by atoms with Gasteiger partial charge in [-0.15, -0.1) is 0 Å². The maximum Gasteiger partial charge on any atom is 0.420 e. The van der Waals surface area contributed by atoms with Gasteiger partial charge < -0.3 is 15.7 Å². The Labute approximate surface area is 123 Å². The Morgan fingerprint density at radius 2 is 1.90 bits per heavy atom. The van der Waals surface area contributed by atoms with Gasteiger partial charge in [0.05, 0.1) is 12.8 Å². The van der Waals surface area contributed by atoms with Crippen molar-refractivity contribution in [2.75, 3.05) is 0 Å². The normalized spacial score (nSPS) is 11.4. The molecule has 1 aromatic carbocycles. The van der Waals surface area contributed by atoms with Crippen LogP contribution in [-0.2, 0) is 11.3 Å². The standard InChI is InChI=1S/C14H19N3O4/c1-14(2,3)21-13(20)17(12(18)19)9-11-6-4-10(5-7-11)8-16-15/h4-8H,9,15H2,1-3H3,(H,18,19). The second-order valence-corrected chi connectivity index (χ2v) is 5.37. The number of carbonyl (C=O) groups excluding carboxylic acids is 1. The quantitative estimate of drug-likeness (QED) is 0.505. The van der Waals surface area contributed by atoms with Gasteiger partial charge in [-0.05, 0) is 31.9 Å². The fourth-order valence-corrected chi connectivity index (χ4v) is 1.51. The van der Waals surface area contributed by atoms with Crippen LogP contribution in [0.3, 0.4) is 0 Å². The minimum Gasteiger partial charge on any atom is -0.465 e. The maximum atomic E-state index is 11.9. The molecule has 7 nitrogen and oxygen atoms in total. The zero-order valence-corrected chi connectivity index (χ0v) is 12.2. The average Bonchev–Trinajstić information content (AvgIpc) is 2.35. The van der Waals surface area contributed by atoms with Gasteiger partial charge in [0.15, 0.2) is 0 Å². The highest BCUT2D eigenvalue weighted by molar-refractivity contribution is 5.86. The number of hydrogen-bond acceptors (Lipinski definition) is 5. The molecule has 0 saturated carbocycles. The molecule has 0 bridgehead atoms. The lowest BCUT2D eigenvalue weighted by Gasteiger charge is -2.24.